The lowest BCUT2D eigenvalue weighted by Gasteiger charge is -2.17. The minimum atomic E-state index is -1.02. The van der Waals surface area contributed by atoms with E-state index in [0.717, 1.165) is 0 Å². The van der Waals surface area contributed by atoms with Crippen molar-refractivity contribution in [3.8, 4) is 0 Å². The molecule has 0 heterocycles. The average molecular weight is 364 g/mol. The highest BCUT2D eigenvalue weighted by Crippen LogP contribution is 2.35. The SMILES string of the molecule is O=C(O)[C@H](Cc1ccc(Cl)cc1Cl)c1c(Cl)cccc1Cl. The Morgan fingerprint density at radius 3 is 2.14 bits per heavy atom. The fourth-order valence-corrected chi connectivity index (χ4v) is 3.21. The van der Waals surface area contributed by atoms with Crippen LogP contribution in [0.1, 0.15) is 17.0 Å². The van der Waals surface area contributed by atoms with Gasteiger partial charge in [0.15, 0.2) is 0 Å². The van der Waals surface area contributed by atoms with Gasteiger partial charge < -0.3 is 5.11 Å². The first kappa shape index (κ1) is 16.4. The Morgan fingerprint density at radius 1 is 1.00 bits per heavy atom. The van der Waals surface area contributed by atoms with Gasteiger partial charge in [-0.25, -0.2) is 0 Å². The number of rotatable bonds is 4. The molecule has 0 aliphatic heterocycles. The smallest absolute Gasteiger partial charge is 0.311 e. The molecule has 2 aromatic rings. The molecule has 0 aromatic heterocycles. The molecule has 21 heavy (non-hydrogen) atoms. The number of aliphatic carboxylic acids is 1. The second-order valence-electron chi connectivity index (χ2n) is 4.47. The molecule has 6 heteroatoms. The molecule has 0 radical (unpaired) electrons. The van der Waals surface area contributed by atoms with Gasteiger partial charge in [-0.05, 0) is 36.2 Å². The van der Waals surface area contributed by atoms with Gasteiger partial charge in [0.2, 0.25) is 0 Å². The molecule has 0 aliphatic rings. The van der Waals surface area contributed by atoms with Crippen LogP contribution in [0.15, 0.2) is 36.4 Å². The zero-order valence-corrected chi connectivity index (χ0v) is 13.6. The lowest BCUT2D eigenvalue weighted by Crippen LogP contribution is -2.15. The summed E-state index contributed by atoms with van der Waals surface area (Å²) in [5.41, 5.74) is 1.06. The van der Waals surface area contributed by atoms with Crippen LogP contribution in [0.25, 0.3) is 0 Å². The molecule has 0 unspecified atom stereocenters. The van der Waals surface area contributed by atoms with Crippen LogP contribution in [0.4, 0.5) is 0 Å². The molecule has 2 aromatic carbocycles. The second kappa shape index (κ2) is 6.89. The van der Waals surface area contributed by atoms with Gasteiger partial charge in [0, 0.05) is 25.7 Å². The van der Waals surface area contributed by atoms with Crippen LogP contribution in [0, 0.1) is 0 Å². The van der Waals surface area contributed by atoms with E-state index in [-0.39, 0.29) is 6.42 Å². The van der Waals surface area contributed by atoms with Crippen molar-refractivity contribution < 1.29 is 9.90 Å². The first-order valence-corrected chi connectivity index (χ1v) is 7.52. The van der Waals surface area contributed by atoms with Crippen LogP contribution in [0.5, 0.6) is 0 Å². The Hall–Kier alpha value is -0.930. The van der Waals surface area contributed by atoms with Crippen LogP contribution in [0.2, 0.25) is 20.1 Å². The van der Waals surface area contributed by atoms with Crippen LogP contribution in [-0.2, 0) is 11.2 Å². The predicted molar refractivity (Wildman–Crippen MR) is 87.0 cm³/mol. The molecule has 110 valence electrons. The number of hydrogen-bond donors (Lipinski definition) is 1. The Morgan fingerprint density at radius 2 is 1.62 bits per heavy atom. The van der Waals surface area contributed by atoms with E-state index in [9.17, 15) is 9.90 Å². The van der Waals surface area contributed by atoms with E-state index in [1.165, 1.54) is 0 Å². The Bertz CT molecular complexity index is 665. The summed E-state index contributed by atoms with van der Waals surface area (Å²) in [6.07, 6.45) is 0.175. The number of halogens is 4. The van der Waals surface area contributed by atoms with Crippen LogP contribution >= 0.6 is 46.4 Å². The number of carboxylic acid groups (broad SMARTS) is 1. The molecule has 0 spiro atoms. The minimum absolute atomic E-state index is 0.175. The summed E-state index contributed by atoms with van der Waals surface area (Å²) in [5.74, 6) is -1.90. The summed E-state index contributed by atoms with van der Waals surface area (Å²) in [6.45, 7) is 0. The summed E-state index contributed by atoms with van der Waals surface area (Å²) in [7, 11) is 0. The van der Waals surface area contributed by atoms with E-state index in [0.29, 0.717) is 31.2 Å². The van der Waals surface area contributed by atoms with E-state index >= 15 is 0 Å². The van der Waals surface area contributed by atoms with Crippen molar-refractivity contribution >= 4 is 52.4 Å². The lowest BCUT2D eigenvalue weighted by molar-refractivity contribution is -0.138. The van der Waals surface area contributed by atoms with E-state index in [4.69, 9.17) is 46.4 Å². The molecule has 0 fully saturated rings. The molecule has 1 N–H and O–H groups in total. The topological polar surface area (TPSA) is 37.3 Å². The van der Waals surface area contributed by atoms with Crippen molar-refractivity contribution in [3.05, 3.63) is 67.6 Å². The third-order valence-electron chi connectivity index (χ3n) is 3.09. The monoisotopic (exact) mass is 362 g/mol. The minimum Gasteiger partial charge on any atom is -0.481 e. The van der Waals surface area contributed by atoms with Crippen molar-refractivity contribution in [2.45, 2.75) is 12.3 Å². The van der Waals surface area contributed by atoms with Crippen molar-refractivity contribution in [2.75, 3.05) is 0 Å². The first-order valence-electron chi connectivity index (χ1n) is 6.00. The van der Waals surface area contributed by atoms with Gasteiger partial charge in [0.1, 0.15) is 0 Å². The molecule has 2 nitrogen and oxygen atoms in total. The van der Waals surface area contributed by atoms with Gasteiger partial charge in [0.05, 0.1) is 5.92 Å². The van der Waals surface area contributed by atoms with Crippen LogP contribution < -0.4 is 0 Å². The first-order chi connectivity index (χ1) is 9.90. The van der Waals surface area contributed by atoms with Crippen molar-refractivity contribution in [3.63, 3.8) is 0 Å². The average Bonchev–Trinajstić information content (AvgIpc) is 2.39. The Labute approximate surface area is 142 Å². The van der Waals surface area contributed by atoms with Crippen molar-refractivity contribution in [1.29, 1.82) is 0 Å². The number of benzene rings is 2. The van der Waals surface area contributed by atoms with Gasteiger partial charge in [-0.2, -0.15) is 0 Å². The Balaban J connectivity index is 2.43. The number of carbonyl (C=O) groups is 1. The molecule has 0 saturated heterocycles. The van der Waals surface area contributed by atoms with Gasteiger partial charge in [0.25, 0.3) is 0 Å². The zero-order valence-electron chi connectivity index (χ0n) is 10.6. The maximum atomic E-state index is 11.6. The highest BCUT2D eigenvalue weighted by molar-refractivity contribution is 6.36. The van der Waals surface area contributed by atoms with Gasteiger partial charge in [-0.15, -0.1) is 0 Å². The molecule has 0 saturated carbocycles. The maximum Gasteiger partial charge on any atom is 0.311 e. The largest absolute Gasteiger partial charge is 0.481 e. The predicted octanol–water partition coefficient (Wildman–Crippen LogP) is 5.71. The quantitative estimate of drug-likeness (QED) is 0.755. The second-order valence-corrected chi connectivity index (χ2v) is 6.12. The fraction of sp³-hybridized carbons (Fsp3) is 0.133. The van der Waals surface area contributed by atoms with Gasteiger partial charge in [-0.3, -0.25) is 4.79 Å². The third kappa shape index (κ3) is 3.83. The van der Waals surface area contributed by atoms with Crippen LogP contribution in [0.3, 0.4) is 0 Å². The Kier molecular flexibility index (Phi) is 5.39. The zero-order chi connectivity index (χ0) is 15.6. The van der Waals surface area contributed by atoms with Crippen molar-refractivity contribution in [1.82, 2.24) is 0 Å². The fourth-order valence-electron chi connectivity index (χ4n) is 2.06. The molecular weight excluding hydrogens is 354 g/mol. The van der Waals surface area contributed by atoms with E-state index in [1.807, 2.05) is 0 Å². The summed E-state index contributed by atoms with van der Waals surface area (Å²) < 4.78 is 0. The highest BCUT2D eigenvalue weighted by atomic mass is 35.5. The van der Waals surface area contributed by atoms with Crippen LogP contribution in [-0.4, -0.2) is 11.1 Å². The number of carboxylic acids is 1. The lowest BCUT2D eigenvalue weighted by atomic mass is 9.92. The van der Waals surface area contributed by atoms with Gasteiger partial charge in [-0.1, -0.05) is 58.5 Å². The summed E-state index contributed by atoms with van der Waals surface area (Å²) in [5, 5.41) is 11.0. The molecule has 1 atom stereocenters. The summed E-state index contributed by atoms with van der Waals surface area (Å²) in [4.78, 5) is 11.6. The third-order valence-corrected chi connectivity index (χ3v) is 4.33. The summed E-state index contributed by atoms with van der Waals surface area (Å²) in [6, 6.07) is 9.83. The highest BCUT2D eigenvalue weighted by Gasteiger charge is 2.26. The maximum absolute atomic E-state index is 11.6. The normalized spacial score (nSPS) is 12.2. The molecule has 0 aliphatic carbocycles. The van der Waals surface area contributed by atoms with Crippen molar-refractivity contribution in [2.24, 2.45) is 0 Å². The molecular formula is C15H10Cl4O2. The van der Waals surface area contributed by atoms with E-state index in [2.05, 4.69) is 0 Å². The molecule has 0 bridgehead atoms. The van der Waals surface area contributed by atoms with Gasteiger partial charge >= 0.3 is 5.97 Å². The summed E-state index contributed by atoms with van der Waals surface area (Å²) >= 11 is 24.1. The molecule has 2 rings (SSSR count). The van der Waals surface area contributed by atoms with E-state index in [1.54, 1.807) is 36.4 Å². The molecule has 0 amide bonds. The number of hydrogen-bond acceptors (Lipinski definition) is 1. The standard InChI is InChI=1S/C15H10Cl4O2/c16-9-5-4-8(13(19)7-9)6-10(15(20)21)14-11(17)2-1-3-12(14)18/h1-5,7,10H,6H2,(H,20,21)/t10-/m1/s1. The van der Waals surface area contributed by atoms with E-state index < -0.39 is 11.9 Å².